The minimum Gasteiger partial charge on any atom is -0.425 e. The van der Waals surface area contributed by atoms with Crippen LogP contribution in [0.3, 0.4) is 0 Å². The maximum atomic E-state index is 12.5. The number of carbonyl (C=O) groups excluding carboxylic acids is 1. The Labute approximate surface area is 159 Å². The van der Waals surface area contributed by atoms with Crippen LogP contribution in [0.1, 0.15) is 53.9 Å². The molecule has 1 N–H and O–H groups in total. The summed E-state index contributed by atoms with van der Waals surface area (Å²) in [4.78, 5) is 12.5. The van der Waals surface area contributed by atoms with Crippen molar-refractivity contribution in [3.63, 3.8) is 0 Å². The summed E-state index contributed by atoms with van der Waals surface area (Å²) in [5.74, 6) is -1.60. The number of ether oxygens (including phenoxy) is 2. The Morgan fingerprint density at radius 2 is 2.08 bits per heavy atom. The molecule has 1 aliphatic heterocycles. The van der Waals surface area contributed by atoms with Crippen molar-refractivity contribution in [2.24, 2.45) is 11.3 Å². The maximum Gasteiger partial charge on any atom is 0.318 e. The molecule has 140 valence electrons. The van der Waals surface area contributed by atoms with Gasteiger partial charge in [-0.15, -0.1) is 0 Å². The number of hydrogen-bond acceptors (Lipinski definition) is 4. The van der Waals surface area contributed by atoms with Crippen molar-refractivity contribution in [3.05, 3.63) is 34.6 Å². The molecule has 0 radical (unpaired) electrons. The normalized spacial score (nSPS) is 26.8. The average Bonchev–Trinajstić information content (AvgIpc) is 2.51. The highest BCUT2D eigenvalue weighted by molar-refractivity contribution is 9.09. The van der Waals surface area contributed by atoms with E-state index in [0.29, 0.717) is 24.4 Å². The lowest BCUT2D eigenvalue weighted by atomic mass is 9.73. The molecule has 25 heavy (non-hydrogen) atoms. The summed E-state index contributed by atoms with van der Waals surface area (Å²) >= 11 is 3.37. The predicted molar refractivity (Wildman–Crippen MR) is 102 cm³/mol. The van der Waals surface area contributed by atoms with Crippen molar-refractivity contribution in [2.75, 3.05) is 11.9 Å². The van der Waals surface area contributed by atoms with Crippen LogP contribution in [0.15, 0.2) is 34.6 Å². The van der Waals surface area contributed by atoms with E-state index in [4.69, 9.17) is 9.47 Å². The molecule has 0 saturated carbocycles. The zero-order chi connectivity index (χ0) is 18.8. The molecule has 0 aromatic carbocycles. The molecule has 2 unspecified atom stereocenters. The minimum atomic E-state index is -1.51. The predicted octanol–water partition coefficient (Wildman–Crippen LogP) is 4.64. The monoisotopic (exact) mass is 412 g/mol. The molecule has 1 heterocycles. The van der Waals surface area contributed by atoms with Crippen LogP contribution in [0, 0.1) is 11.3 Å². The summed E-state index contributed by atoms with van der Waals surface area (Å²) < 4.78 is 11.5. The second-order valence-corrected chi connectivity index (χ2v) is 8.49. The molecule has 0 saturated heterocycles. The fraction of sp³-hybridized carbons (Fsp3) is 0.650. The Bertz CT molecular complexity index is 624. The minimum absolute atomic E-state index is 0.173. The summed E-state index contributed by atoms with van der Waals surface area (Å²) in [5.41, 5.74) is 2.43. The van der Waals surface area contributed by atoms with E-state index >= 15 is 0 Å². The van der Waals surface area contributed by atoms with Crippen LogP contribution >= 0.6 is 15.9 Å². The summed E-state index contributed by atoms with van der Waals surface area (Å²) in [5, 5.41) is 11.9. The van der Waals surface area contributed by atoms with E-state index in [9.17, 15) is 9.90 Å². The second-order valence-electron chi connectivity index (χ2n) is 7.70. The van der Waals surface area contributed by atoms with Gasteiger partial charge in [0.1, 0.15) is 5.76 Å². The number of rotatable bonds is 6. The summed E-state index contributed by atoms with van der Waals surface area (Å²) in [6.45, 7) is 10.6. The number of hydrogen-bond donors (Lipinski definition) is 1. The first-order chi connectivity index (χ1) is 11.7. The highest BCUT2D eigenvalue weighted by atomic mass is 79.9. The van der Waals surface area contributed by atoms with Crippen molar-refractivity contribution in [1.82, 2.24) is 0 Å². The zero-order valence-corrected chi connectivity index (χ0v) is 17.4. The number of aliphatic hydroxyl groups is 1. The third-order valence-corrected chi connectivity index (χ3v) is 5.18. The van der Waals surface area contributed by atoms with E-state index in [0.717, 1.165) is 29.3 Å². The fourth-order valence-electron chi connectivity index (χ4n) is 3.58. The van der Waals surface area contributed by atoms with Gasteiger partial charge in [-0.25, -0.2) is 0 Å². The molecule has 0 amide bonds. The van der Waals surface area contributed by atoms with Crippen LogP contribution in [0.2, 0.25) is 0 Å². The fourth-order valence-corrected chi connectivity index (χ4v) is 3.81. The van der Waals surface area contributed by atoms with Gasteiger partial charge in [0.2, 0.25) is 5.79 Å². The van der Waals surface area contributed by atoms with E-state index < -0.39 is 5.79 Å². The standard InChI is InChI=1S/C20H29BrO4/c1-6-8-15-17-14(9-10-20(15,23)24-12-7-11-21)16(19(3,4)5)13(2)18(22)25-17/h9-10,13,23H,6-8,11-12H2,1-5H3. The molecule has 0 bridgehead atoms. The molecule has 0 aromatic heterocycles. The molecule has 0 aromatic rings. The van der Waals surface area contributed by atoms with Gasteiger partial charge in [-0.2, -0.15) is 0 Å². The Kier molecular flexibility index (Phi) is 6.34. The first kappa shape index (κ1) is 20.4. The quantitative estimate of drug-likeness (QED) is 0.298. The van der Waals surface area contributed by atoms with Crippen molar-refractivity contribution >= 4 is 21.9 Å². The van der Waals surface area contributed by atoms with E-state index in [1.54, 1.807) is 6.08 Å². The van der Waals surface area contributed by atoms with Gasteiger partial charge in [-0.1, -0.05) is 50.0 Å². The summed E-state index contributed by atoms with van der Waals surface area (Å²) in [6, 6.07) is 0. The lowest BCUT2D eigenvalue weighted by Gasteiger charge is -2.39. The van der Waals surface area contributed by atoms with Gasteiger partial charge in [0.25, 0.3) is 0 Å². The Balaban J connectivity index is 2.59. The van der Waals surface area contributed by atoms with Gasteiger partial charge in [-0.05, 0) is 42.9 Å². The van der Waals surface area contributed by atoms with Crippen LogP contribution < -0.4 is 0 Å². The van der Waals surface area contributed by atoms with Crippen LogP contribution in [0.4, 0.5) is 0 Å². The van der Waals surface area contributed by atoms with E-state index in [1.807, 2.05) is 19.9 Å². The largest absolute Gasteiger partial charge is 0.425 e. The molecule has 4 nitrogen and oxygen atoms in total. The lowest BCUT2D eigenvalue weighted by molar-refractivity contribution is -0.150. The van der Waals surface area contributed by atoms with Crippen molar-refractivity contribution in [1.29, 1.82) is 0 Å². The molecule has 0 spiro atoms. The van der Waals surface area contributed by atoms with Crippen LogP contribution in [-0.4, -0.2) is 28.8 Å². The van der Waals surface area contributed by atoms with Crippen molar-refractivity contribution < 1.29 is 19.4 Å². The van der Waals surface area contributed by atoms with Gasteiger partial charge in [-0.3, -0.25) is 4.79 Å². The van der Waals surface area contributed by atoms with Crippen LogP contribution in [-0.2, 0) is 14.3 Å². The molecule has 2 rings (SSSR count). The highest BCUT2D eigenvalue weighted by Crippen LogP contribution is 2.46. The lowest BCUT2D eigenvalue weighted by Crippen LogP contribution is -2.40. The molecular formula is C20H29BrO4. The van der Waals surface area contributed by atoms with Gasteiger partial charge in [0.15, 0.2) is 0 Å². The summed E-state index contributed by atoms with van der Waals surface area (Å²) in [6.07, 6.45) is 5.77. The van der Waals surface area contributed by atoms with Gasteiger partial charge in [0, 0.05) is 16.5 Å². The number of fused-ring (bicyclic) bond motifs is 1. The van der Waals surface area contributed by atoms with Crippen molar-refractivity contribution in [3.8, 4) is 0 Å². The maximum absolute atomic E-state index is 12.5. The number of halogens is 1. The van der Waals surface area contributed by atoms with Gasteiger partial charge < -0.3 is 14.6 Å². The van der Waals surface area contributed by atoms with Crippen LogP contribution in [0.25, 0.3) is 0 Å². The van der Waals surface area contributed by atoms with Crippen LogP contribution in [0.5, 0.6) is 0 Å². The highest BCUT2D eigenvalue weighted by Gasteiger charge is 2.44. The molecule has 1 aliphatic carbocycles. The molecular weight excluding hydrogens is 384 g/mol. The number of esters is 1. The SMILES string of the molecule is CCCC1=C2OC(=O)C(C)C(C(C)(C)C)=C2C=CC1(O)OCCCBr. The van der Waals surface area contributed by atoms with E-state index in [-0.39, 0.29) is 17.3 Å². The average molecular weight is 413 g/mol. The van der Waals surface area contributed by atoms with Gasteiger partial charge in [0.05, 0.1) is 12.5 Å². The number of carbonyl (C=O) groups is 1. The Hall–Kier alpha value is -0.910. The Morgan fingerprint density at radius 1 is 1.40 bits per heavy atom. The molecule has 2 aliphatic rings. The molecule has 2 atom stereocenters. The second kappa shape index (κ2) is 7.77. The van der Waals surface area contributed by atoms with Crippen molar-refractivity contribution in [2.45, 2.75) is 59.7 Å². The number of allylic oxidation sites excluding steroid dienone is 1. The zero-order valence-electron chi connectivity index (χ0n) is 15.8. The third kappa shape index (κ3) is 4.09. The Morgan fingerprint density at radius 3 is 2.64 bits per heavy atom. The van der Waals surface area contributed by atoms with E-state index in [2.05, 4.69) is 36.7 Å². The molecule has 5 heteroatoms. The number of alkyl halides is 1. The third-order valence-electron chi connectivity index (χ3n) is 4.61. The first-order valence-electron chi connectivity index (χ1n) is 8.97. The summed E-state index contributed by atoms with van der Waals surface area (Å²) in [7, 11) is 0. The topological polar surface area (TPSA) is 55.8 Å². The van der Waals surface area contributed by atoms with E-state index in [1.165, 1.54) is 0 Å². The molecule has 0 fully saturated rings. The van der Waals surface area contributed by atoms with Gasteiger partial charge >= 0.3 is 5.97 Å². The smallest absolute Gasteiger partial charge is 0.318 e. The first-order valence-corrected chi connectivity index (χ1v) is 10.1.